The highest BCUT2D eigenvalue weighted by Crippen LogP contribution is 2.13. The molecule has 0 aliphatic carbocycles. The predicted molar refractivity (Wildman–Crippen MR) is 89.5 cm³/mol. The molecule has 124 valence electrons. The molecule has 2 rings (SSSR count). The topological polar surface area (TPSA) is 174 Å². The summed E-state index contributed by atoms with van der Waals surface area (Å²) < 4.78 is 0. The Hall–Kier alpha value is -3.49. The van der Waals surface area contributed by atoms with Crippen LogP contribution >= 0.6 is 0 Å². The number of nitrogens with two attached hydrogens (primary N) is 3. The molecular weight excluding hydrogens is 310 g/mol. The molecule has 24 heavy (non-hydrogen) atoms. The van der Waals surface area contributed by atoms with E-state index in [9.17, 15) is 9.59 Å². The third kappa shape index (κ3) is 3.64. The molecule has 0 saturated carbocycles. The zero-order valence-electron chi connectivity index (χ0n) is 13.0. The molecule has 0 saturated heterocycles. The minimum atomic E-state index is -0.558. The molecule has 1 amide bonds. The molecule has 0 bridgehead atoms. The van der Waals surface area contributed by atoms with Gasteiger partial charge in [0.15, 0.2) is 28.8 Å². The summed E-state index contributed by atoms with van der Waals surface area (Å²) in [6, 6.07) is 6.83. The van der Waals surface area contributed by atoms with Gasteiger partial charge in [0.1, 0.15) is 5.84 Å². The number of hydrogen-bond donors (Lipinski definition) is 5. The summed E-state index contributed by atoms with van der Waals surface area (Å²) in [5.41, 5.74) is 17.8. The van der Waals surface area contributed by atoms with Crippen LogP contribution in [0.1, 0.15) is 39.0 Å². The van der Waals surface area contributed by atoms with Crippen LogP contribution < -0.4 is 22.5 Å². The molecule has 0 spiro atoms. The predicted octanol–water partition coefficient (Wildman–Crippen LogP) is 0.0577. The number of amides is 1. The molecule has 9 nitrogen and oxygen atoms in total. The number of carbonyl (C=O) groups is 2. The number of aromatic nitrogens is 2. The molecule has 1 aromatic heterocycles. The van der Waals surface area contributed by atoms with Crippen LogP contribution in [0.2, 0.25) is 0 Å². The first kappa shape index (κ1) is 16.9. The van der Waals surface area contributed by atoms with Crippen molar-refractivity contribution in [2.75, 3.05) is 11.5 Å². The van der Waals surface area contributed by atoms with E-state index in [0.29, 0.717) is 5.56 Å². The summed E-state index contributed by atoms with van der Waals surface area (Å²) in [6.07, 6.45) is 0. The van der Waals surface area contributed by atoms with E-state index in [4.69, 9.17) is 22.6 Å². The molecule has 0 radical (unpaired) electrons. The summed E-state index contributed by atoms with van der Waals surface area (Å²) in [4.78, 5) is 31.2. The lowest BCUT2D eigenvalue weighted by atomic mass is 10.1. The van der Waals surface area contributed by atoms with Crippen molar-refractivity contribution in [2.24, 2.45) is 5.73 Å². The molecule has 1 heterocycles. The zero-order valence-corrected chi connectivity index (χ0v) is 13.0. The van der Waals surface area contributed by atoms with Crippen LogP contribution in [0.15, 0.2) is 24.3 Å². The maximum absolute atomic E-state index is 12.2. The maximum atomic E-state index is 12.2. The lowest BCUT2D eigenvalue weighted by molar-refractivity contribution is 0.0944. The second kappa shape index (κ2) is 6.73. The van der Waals surface area contributed by atoms with Crippen LogP contribution in [0.4, 0.5) is 11.6 Å². The Morgan fingerprint density at radius 3 is 2.17 bits per heavy atom. The average molecular weight is 327 g/mol. The first-order valence-corrected chi connectivity index (χ1v) is 6.95. The highest BCUT2D eigenvalue weighted by molar-refractivity contribution is 6.00. The highest BCUT2D eigenvalue weighted by atomic mass is 16.2. The van der Waals surface area contributed by atoms with Gasteiger partial charge < -0.3 is 22.5 Å². The number of nitrogen functional groups attached to an aromatic ring is 3. The molecule has 0 fully saturated rings. The molecule has 0 unspecified atom stereocenters. The molecule has 2 aromatic rings. The van der Waals surface area contributed by atoms with Crippen LogP contribution in [0.25, 0.3) is 0 Å². The van der Waals surface area contributed by atoms with Gasteiger partial charge in [0.05, 0.1) is 0 Å². The first-order chi connectivity index (χ1) is 11.3. The zero-order chi connectivity index (χ0) is 17.9. The molecule has 0 atom stereocenters. The van der Waals surface area contributed by atoms with Crippen LogP contribution in [0.3, 0.4) is 0 Å². The Bertz CT molecular complexity index is 815. The van der Waals surface area contributed by atoms with Gasteiger partial charge in [0.25, 0.3) is 5.91 Å². The fourth-order valence-corrected chi connectivity index (χ4v) is 1.96. The number of nitrogens with one attached hydrogen (secondary N) is 2. The fourth-order valence-electron chi connectivity index (χ4n) is 1.96. The van der Waals surface area contributed by atoms with Gasteiger partial charge in [-0.1, -0.05) is 24.3 Å². The van der Waals surface area contributed by atoms with Crippen LogP contribution in [0, 0.1) is 5.41 Å². The third-order valence-electron chi connectivity index (χ3n) is 3.22. The van der Waals surface area contributed by atoms with Crippen molar-refractivity contribution in [3.8, 4) is 0 Å². The van der Waals surface area contributed by atoms with Gasteiger partial charge in [-0.25, -0.2) is 9.97 Å². The highest BCUT2D eigenvalue weighted by Gasteiger charge is 2.18. The summed E-state index contributed by atoms with van der Waals surface area (Å²) in [6.45, 7) is 1.50. The Morgan fingerprint density at radius 2 is 1.62 bits per heavy atom. The second-order valence-electron chi connectivity index (χ2n) is 5.04. The van der Waals surface area contributed by atoms with Gasteiger partial charge in [-0.15, -0.1) is 0 Å². The van der Waals surface area contributed by atoms with Crippen molar-refractivity contribution in [3.05, 3.63) is 46.8 Å². The summed E-state index contributed by atoms with van der Waals surface area (Å²) in [5, 5.41) is 9.96. The summed E-state index contributed by atoms with van der Waals surface area (Å²) in [7, 11) is 0. The fraction of sp³-hybridized carbons (Fsp3) is 0.133. The van der Waals surface area contributed by atoms with Gasteiger partial charge in [-0.3, -0.25) is 15.0 Å². The van der Waals surface area contributed by atoms with Crippen LogP contribution in [-0.4, -0.2) is 27.5 Å². The maximum Gasteiger partial charge on any atom is 0.274 e. The summed E-state index contributed by atoms with van der Waals surface area (Å²) in [5.74, 6) is -1.29. The molecule has 8 N–H and O–H groups in total. The van der Waals surface area contributed by atoms with Crippen molar-refractivity contribution in [1.82, 2.24) is 15.3 Å². The van der Waals surface area contributed by atoms with Crippen molar-refractivity contribution in [2.45, 2.75) is 13.5 Å². The van der Waals surface area contributed by atoms with Gasteiger partial charge in [-0.2, -0.15) is 0 Å². The molecule has 9 heteroatoms. The lowest BCUT2D eigenvalue weighted by Crippen LogP contribution is -2.26. The number of hydrogen-bond acceptors (Lipinski definition) is 7. The van der Waals surface area contributed by atoms with E-state index < -0.39 is 5.91 Å². The van der Waals surface area contributed by atoms with E-state index in [1.807, 2.05) is 0 Å². The van der Waals surface area contributed by atoms with E-state index in [0.717, 1.165) is 5.56 Å². The van der Waals surface area contributed by atoms with Gasteiger partial charge in [0.2, 0.25) is 0 Å². The van der Waals surface area contributed by atoms with Gasteiger partial charge in [-0.05, 0) is 5.56 Å². The average Bonchev–Trinajstić information content (AvgIpc) is 2.54. The summed E-state index contributed by atoms with van der Waals surface area (Å²) >= 11 is 0. The van der Waals surface area contributed by atoms with E-state index in [-0.39, 0.29) is 41.2 Å². The van der Waals surface area contributed by atoms with Crippen molar-refractivity contribution in [3.63, 3.8) is 0 Å². The number of rotatable bonds is 5. The smallest absolute Gasteiger partial charge is 0.274 e. The molecule has 0 aliphatic heterocycles. The van der Waals surface area contributed by atoms with Crippen LogP contribution in [0.5, 0.6) is 0 Å². The Balaban J connectivity index is 2.11. The lowest BCUT2D eigenvalue weighted by Gasteiger charge is -2.09. The van der Waals surface area contributed by atoms with Crippen molar-refractivity contribution >= 4 is 29.2 Å². The second-order valence-corrected chi connectivity index (χ2v) is 5.04. The number of amidine groups is 1. The van der Waals surface area contributed by atoms with Crippen molar-refractivity contribution in [1.29, 1.82) is 5.41 Å². The monoisotopic (exact) mass is 327 g/mol. The molecular formula is C15H17N7O2. The number of benzene rings is 1. The molecule has 0 aliphatic rings. The number of Topliss-reactive ketones (excluding diaryl/α,β-unsaturated/α-hetero) is 1. The first-order valence-electron chi connectivity index (χ1n) is 6.95. The number of anilines is 2. The Labute approximate surface area is 137 Å². The minimum Gasteiger partial charge on any atom is -0.384 e. The van der Waals surface area contributed by atoms with Crippen molar-refractivity contribution < 1.29 is 9.59 Å². The van der Waals surface area contributed by atoms with E-state index in [1.165, 1.54) is 6.92 Å². The Kier molecular flexibility index (Phi) is 4.73. The van der Waals surface area contributed by atoms with Gasteiger partial charge >= 0.3 is 0 Å². The number of ketones is 1. The Morgan fingerprint density at radius 1 is 1.08 bits per heavy atom. The van der Waals surface area contributed by atoms with E-state index in [1.54, 1.807) is 24.3 Å². The normalized spacial score (nSPS) is 10.2. The quantitative estimate of drug-likeness (QED) is 0.293. The number of carbonyl (C=O) groups excluding carboxylic acids is 2. The SMILES string of the molecule is CC(=O)c1nc(N)c(C(=O)NCc2ccc(C(=N)N)cc2)nc1N. The number of nitrogens with zero attached hydrogens (tertiary/aromatic N) is 2. The van der Waals surface area contributed by atoms with E-state index >= 15 is 0 Å². The third-order valence-corrected chi connectivity index (χ3v) is 3.22. The van der Waals surface area contributed by atoms with Gasteiger partial charge in [0, 0.05) is 19.0 Å². The van der Waals surface area contributed by atoms with E-state index in [2.05, 4.69) is 15.3 Å². The van der Waals surface area contributed by atoms with Crippen LogP contribution in [-0.2, 0) is 6.54 Å². The minimum absolute atomic E-state index is 0.0327. The largest absolute Gasteiger partial charge is 0.384 e. The molecule has 1 aromatic carbocycles. The standard InChI is InChI=1S/C15H17N7O2/c1-7(23)10-13(18)22-11(14(19)21-10)15(24)20-6-8-2-4-9(5-3-8)12(16)17/h2-5H,6H2,1H3,(H3,16,17)(H2,18,22)(H2,19,21)(H,20,24).